The molecule has 0 spiro atoms. The number of methoxy groups -OCH3 is 1. The maximum absolute atomic E-state index is 11.7. The molecule has 1 saturated heterocycles. The van der Waals surface area contributed by atoms with Gasteiger partial charge in [-0.3, -0.25) is 4.79 Å². The average molecular weight is 256 g/mol. The number of ether oxygens (including phenoxy) is 1. The third kappa shape index (κ3) is 5.83. The summed E-state index contributed by atoms with van der Waals surface area (Å²) in [5.41, 5.74) is 0. The lowest BCUT2D eigenvalue weighted by Gasteiger charge is -2.23. The van der Waals surface area contributed by atoms with Crippen LogP contribution in [0.25, 0.3) is 0 Å². The normalized spacial score (nSPS) is 19.2. The van der Waals surface area contributed by atoms with Crippen molar-refractivity contribution in [2.75, 3.05) is 33.3 Å². The molecule has 1 unspecified atom stereocenters. The summed E-state index contributed by atoms with van der Waals surface area (Å²) in [6.45, 7) is 6.34. The lowest BCUT2D eigenvalue weighted by atomic mass is 10.2. The van der Waals surface area contributed by atoms with Crippen LogP contribution < -0.4 is 5.32 Å². The first-order chi connectivity index (χ1) is 8.77. The molecule has 1 fully saturated rings. The van der Waals surface area contributed by atoms with Crippen molar-refractivity contribution >= 4 is 5.97 Å². The van der Waals surface area contributed by atoms with Crippen molar-refractivity contribution in [1.82, 2.24) is 10.2 Å². The molecule has 1 aliphatic rings. The van der Waals surface area contributed by atoms with E-state index in [-0.39, 0.29) is 12.0 Å². The van der Waals surface area contributed by atoms with Crippen LogP contribution in [0, 0.1) is 0 Å². The Morgan fingerprint density at radius 1 is 1.28 bits per heavy atom. The predicted molar refractivity (Wildman–Crippen MR) is 73.6 cm³/mol. The topological polar surface area (TPSA) is 41.6 Å². The molecule has 0 amide bonds. The second kappa shape index (κ2) is 9.34. The molecule has 1 rings (SSSR count). The van der Waals surface area contributed by atoms with E-state index in [0.717, 1.165) is 25.9 Å². The first-order valence-corrected chi connectivity index (χ1v) is 7.31. The largest absolute Gasteiger partial charge is 0.468 e. The van der Waals surface area contributed by atoms with E-state index >= 15 is 0 Å². The summed E-state index contributed by atoms with van der Waals surface area (Å²) in [5, 5.41) is 3.27. The Morgan fingerprint density at radius 2 is 1.94 bits per heavy atom. The van der Waals surface area contributed by atoms with Gasteiger partial charge in [0.15, 0.2) is 0 Å². The lowest BCUT2D eigenvalue weighted by Crippen LogP contribution is -2.41. The van der Waals surface area contributed by atoms with Crippen molar-refractivity contribution in [3.8, 4) is 0 Å². The molecular weight excluding hydrogens is 228 g/mol. The quantitative estimate of drug-likeness (QED) is 0.705. The second-order valence-corrected chi connectivity index (χ2v) is 5.07. The SMILES string of the molecule is CCCNC(CCN1CCCCCC1)C(=O)OC. The number of esters is 1. The monoisotopic (exact) mass is 256 g/mol. The fourth-order valence-corrected chi connectivity index (χ4v) is 2.44. The van der Waals surface area contributed by atoms with Gasteiger partial charge in [0.25, 0.3) is 0 Å². The molecule has 1 atom stereocenters. The van der Waals surface area contributed by atoms with Gasteiger partial charge in [-0.05, 0) is 45.3 Å². The fourth-order valence-electron chi connectivity index (χ4n) is 2.44. The number of rotatable bonds is 7. The summed E-state index contributed by atoms with van der Waals surface area (Å²) in [7, 11) is 1.47. The lowest BCUT2D eigenvalue weighted by molar-refractivity contribution is -0.143. The molecule has 0 aromatic carbocycles. The molecule has 1 heterocycles. The Bertz CT molecular complexity index is 226. The fraction of sp³-hybridized carbons (Fsp3) is 0.929. The van der Waals surface area contributed by atoms with E-state index in [1.54, 1.807) is 0 Å². The van der Waals surface area contributed by atoms with Gasteiger partial charge >= 0.3 is 5.97 Å². The highest BCUT2D eigenvalue weighted by Crippen LogP contribution is 2.10. The predicted octanol–water partition coefficient (Wildman–Crippen LogP) is 1.79. The highest BCUT2D eigenvalue weighted by atomic mass is 16.5. The molecule has 0 bridgehead atoms. The summed E-state index contributed by atoms with van der Waals surface area (Å²) in [6.07, 6.45) is 7.19. The molecule has 4 nitrogen and oxygen atoms in total. The summed E-state index contributed by atoms with van der Waals surface area (Å²) >= 11 is 0. The third-order valence-corrected chi connectivity index (χ3v) is 3.56. The standard InChI is InChI=1S/C14H28N2O2/c1-3-9-15-13(14(17)18-2)8-12-16-10-6-4-5-7-11-16/h13,15H,3-12H2,1-2H3. The molecule has 0 aromatic rings. The van der Waals surface area contributed by atoms with Crippen molar-refractivity contribution in [1.29, 1.82) is 0 Å². The van der Waals surface area contributed by atoms with E-state index < -0.39 is 0 Å². The van der Waals surface area contributed by atoms with Crippen LogP contribution in [0.5, 0.6) is 0 Å². The van der Waals surface area contributed by atoms with Crippen LogP contribution in [-0.2, 0) is 9.53 Å². The van der Waals surface area contributed by atoms with Gasteiger partial charge in [0.1, 0.15) is 6.04 Å². The number of nitrogens with one attached hydrogen (secondary N) is 1. The Hall–Kier alpha value is -0.610. The summed E-state index contributed by atoms with van der Waals surface area (Å²) in [5.74, 6) is -0.127. The summed E-state index contributed by atoms with van der Waals surface area (Å²) < 4.78 is 4.85. The number of carbonyl (C=O) groups is 1. The molecule has 1 N–H and O–H groups in total. The van der Waals surface area contributed by atoms with Crippen LogP contribution in [-0.4, -0.2) is 50.2 Å². The summed E-state index contributed by atoms with van der Waals surface area (Å²) in [6, 6.07) is -0.141. The highest BCUT2D eigenvalue weighted by Gasteiger charge is 2.19. The molecule has 0 aromatic heterocycles. The van der Waals surface area contributed by atoms with Crippen LogP contribution in [0.1, 0.15) is 45.4 Å². The summed E-state index contributed by atoms with van der Waals surface area (Å²) in [4.78, 5) is 14.1. The van der Waals surface area contributed by atoms with Crippen molar-refractivity contribution in [3.05, 3.63) is 0 Å². The number of hydrogen-bond acceptors (Lipinski definition) is 4. The zero-order valence-corrected chi connectivity index (χ0v) is 11.9. The van der Waals surface area contributed by atoms with Gasteiger partial charge in [0.2, 0.25) is 0 Å². The number of nitrogens with zero attached hydrogens (tertiary/aromatic N) is 1. The van der Waals surface area contributed by atoms with E-state index in [1.807, 2.05) is 0 Å². The van der Waals surface area contributed by atoms with Crippen molar-refractivity contribution < 1.29 is 9.53 Å². The first-order valence-electron chi connectivity index (χ1n) is 7.31. The van der Waals surface area contributed by atoms with E-state index in [9.17, 15) is 4.79 Å². The highest BCUT2D eigenvalue weighted by molar-refractivity contribution is 5.75. The molecule has 1 aliphatic heterocycles. The van der Waals surface area contributed by atoms with Gasteiger partial charge in [0.05, 0.1) is 7.11 Å². The van der Waals surface area contributed by atoms with Gasteiger partial charge in [-0.15, -0.1) is 0 Å². The Labute approximate surface area is 111 Å². The van der Waals surface area contributed by atoms with Crippen molar-refractivity contribution in [2.24, 2.45) is 0 Å². The minimum atomic E-state index is -0.141. The molecular formula is C14H28N2O2. The Kier molecular flexibility index (Phi) is 8.01. The van der Waals surface area contributed by atoms with Crippen LogP contribution >= 0.6 is 0 Å². The molecule has 0 aliphatic carbocycles. The first kappa shape index (κ1) is 15.4. The van der Waals surface area contributed by atoms with Crippen molar-refractivity contribution in [3.63, 3.8) is 0 Å². The third-order valence-electron chi connectivity index (χ3n) is 3.56. The zero-order chi connectivity index (χ0) is 13.2. The molecule has 0 saturated carbocycles. The van der Waals surface area contributed by atoms with E-state index in [4.69, 9.17) is 4.74 Å². The van der Waals surface area contributed by atoms with E-state index in [1.165, 1.54) is 45.9 Å². The molecule has 18 heavy (non-hydrogen) atoms. The van der Waals surface area contributed by atoms with Crippen LogP contribution in [0.15, 0.2) is 0 Å². The van der Waals surface area contributed by atoms with Crippen LogP contribution in [0.4, 0.5) is 0 Å². The second-order valence-electron chi connectivity index (χ2n) is 5.07. The number of carbonyl (C=O) groups excluding carboxylic acids is 1. The number of hydrogen-bond donors (Lipinski definition) is 1. The van der Waals surface area contributed by atoms with Gasteiger partial charge < -0.3 is 15.0 Å². The minimum absolute atomic E-state index is 0.127. The minimum Gasteiger partial charge on any atom is -0.468 e. The van der Waals surface area contributed by atoms with Gasteiger partial charge in [-0.1, -0.05) is 19.8 Å². The smallest absolute Gasteiger partial charge is 0.322 e. The Balaban J connectivity index is 2.32. The van der Waals surface area contributed by atoms with Gasteiger partial charge in [-0.2, -0.15) is 0 Å². The van der Waals surface area contributed by atoms with Gasteiger partial charge in [-0.25, -0.2) is 0 Å². The average Bonchev–Trinajstić information content (AvgIpc) is 2.66. The van der Waals surface area contributed by atoms with Gasteiger partial charge in [0, 0.05) is 6.54 Å². The zero-order valence-electron chi connectivity index (χ0n) is 11.9. The molecule has 106 valence electrons. The van der Waals surface area contributed by atoms with E-state index in [0.29, 0.717) is 0 Å². The van der Waals surface area contributed by atoms with Crippen LogP contribution in [0.3, 0.4) is 0 Å². The Morgan fingerprint density at radius 3 is 2.50 bits per heavy atom. The number of likely N-dealkylation sites (tertiary alicyclic amines) is 1. The molecule has 4 heteroatoms. The van der Waals surface area contributed by atoms with E-state index in [2.05, 4.69) is 17.1 Å². The van der Waals surface area contributed by atoms with Crippen molar-refractivity contribution in [2.45, 2.75) is 51.5 Å². The molecule has 0 radical (unpaired) electrons. The maximum atomic E-state index is 11.7. The maximum Gasteiger partial charge on any atom is 0.322 e. The van der Waals surface area contributed by atoms with Crippen LogP contribution in [0.2, 0.25) is 0 Å².